The number of carbonyl (C=O) groups is 1. The zero-order valence-corrected chi connectivity index (χ0v) is 7.29. The first kappa shape index (κ1) is 8.26. The molecule has 1 rings (SSSR count). The molecule has 1 heterocycles. The zero-order valence-electron chi connectivity index (χ0n) is 6.47. The van der Waals surface area contributed by atoms with E-state index in [1.165, 1.54) is 11.8 Å². The van der Waals surface area contributed by atoms with Crippen LogP contribution in [0.15, 0.2) is 11.4 Å². The van der Waals surface area contributed by atoms with Crippen LogP contribution >= 0.6 is 11.8 Å². The van der Waals surface area contributed by atoms with Gasteiger partial charge in [-0.2, -0.15) is 0 Å². The van der Waals surface area contributed by atoms with E-state index in [0.717, 1.165) is 0 Å². The Bertz CT molecular complexity index is 214. The van der Waals surface area contributed by atoms with E-state index in [1.54, 1.807) is 6.92 Å². The van der Waals surface area contributed by atoms with Crippen molar-refractivity contribution < 1.29 is 4.79 Å². The van der Waals surface area contributed by atoms with Gasteiger partial charge in [0.15, 0.2) is 0 Å². The van der Waals surface area contributed by atoms with Gasteiger partial charge >= 0.3 is 0 Å². The summed E-state index contributed by atoms with van der Waals surface area (Å²) in [6, 6.07) is 0. The van der Waals surface area contributed by atoms with Gasteiger partial charge in [-0.3, -0.25) is 4.79 Å². The molecule has 1 aliphatic rings. The van der Waals surface area contributed by atoms with Crippen molar-refractivity contribution in [3.8, 4) is 0 Å². The van der Waals surface area contributed by atoms with Crippen molar-refractivity contribution in [3.05, 3.63) is 11.4 Å². The van der Waals surface area contributed by atoms with Gasteiger partial charge in [0.1, 0.15) is 11.3 Å². The van der Waals surface area contributed by atoms with Crippen molar-refractivity contribution in [2.24, 2.45) is 5.73 Å². The van der Waals surface area contributed by atoms with Crippen molar-refractivity contribution in [1.29, 1.82) is 0 Å². The number of hydrogen-bond donors (Lipinski definition) is 3. The van der Waals surface area contributed by atoms with Gasteiger partial charge in [-0.25, -0.2) is 0 Å². The van der Waals surface area contributed by atoms with Gasteiger partial charge in [0, 0.05) is 0 Å². The number of rotatable bonds is 1. The molecule has 1 unspecified atom stereocenters. The summed E-state index contributed by atoms with van der Waals surface area (Å²) in [5, 5.41) is 5.66. The Morgan fingerprint density at radius 1 is 1.55 bits per heavy atom. The van der Waals surface area contributed by atoms with Crippen LogP contribution in [-0.2, 0) is 4.79 Å². The Morgan fingerprint density at radius 2 is 2.18 bits per heavy atom. The lowest BCUT2D eigenvalue weighted by molar-refractivity contribution is -0.118. The highest BCUT2D eigenvalue weighted by Crippen LogP contribution is 2.08. The highest BCUT2D eigenvalue weighted by molar-refractivity contribution is 7.99. The fraction of sp³-hybridized carbons (Fsp3) is 0.500. The lowest BCUT2D eigenvalue weighted by Gasteiger charge is -2.25. The maximum atomic E-state index is 11.1. The van der Waals surface area contributed by atoms with Crippen LogP contribution in [0.25, 0.3) is 0 Å². The van der Waals surface area contributed by atoms with E-state index >= 15 is 0 Å². The molecule has 0 aromatic rings. The molecule has 0 fully saturated rings. The monoisotopic (exact) mass is 173 g/mol. The molecular formula is C6H11N3OS. The first-order chi connectivity index (χ1) is 5.15. The number of amides is 1. The highest BCUT2D eigenvalue weighted by Gasteiger charge is 2.20. The normalized spacial score (nSPS) is 24.5. The van der Waals surface area contributed by atoms with Crippen LogP contribution in [0, 0.1) is 0 Å². The number of thioether (sulfide) groups is 1. The minimum atomic E-state index is -0.0967. The van der Waals surface area contributed by atoms with Gasteiger partial charge in [0.25, 0.3) is 5.91 Å². The molecule has 62 valence electrons. The van der Waals surface area contributed by atoms with Gasteiger partial charge in [-0.1, -0.05) is 0 Å². The summed E-state index contributed by atoms with van der Waals surface area (Å²) in [7, 11) is 0. The minimum Gasteiger partial charge on any atom is -0.385 e. The van der Waals surface area contributed by atoms with Gasteiger partial charge in [0.2, 0.25) is 0 Å². The van der Waals surface area contributed by atoms with Gasteiger partial charge in [-0.05, 0) is 13.2 Å². The third kappa shape index (κ3) is 1.59. The third-order valence-corrected chi connectivity index (χ3v) is 2.24. The number of nitrogens with one attached hydrogen (secondary N) is 2. The highest BCUT2D eigenvalue weighted by atomic mass is 32.2. The van der Waals surface area contributed by atoms with Crippen LogP contribution in [0.5, 0.6) is 0 Å². The molecule has 1 aliphatic heterocycles. The summed E-state index contributed by atoms with van der Waals surface area (Å²) in [6.07, 6.45) is 1.89. The van der Waals surface area contributed by atoms with E-state index in [9.17, 15) is 4.79 Å². The smallest absolute Gasteiger partial charge is 0.252 e. The third-order valence-electron chi connectivity index (χ3n) is 1.53. The molecule has 1 atom stereocenters. The summed E-state index contributed by atoms with van der Waals surface area (Å²) in [4.78, 5) is 11.1. The largest absolute Gasteiger partial charge is 0.385 e. The van der Waals surface area contributed by atoms with Crippen LogP contribution in [0.2, 0.25) is 0 Å². The van der Waals surface area contributed by atoms with Crippen molar-refractivity contribution in [2.45, 2.75) is 12.4 Å². The van der Waals surface area contributed by atoms with Crippen molar-refractivity contribution in [1.82, 2.24) is 10.6 Å². The Balaban J connectivity index is 2.76. The van der Waals surface area contributed by atoms with Crippen molar-refractivity contribution in [2.75, 3.05) is 6.26 Å². The summed E-state index contributed by atoms with van der Waals surface area (Å²) < 4.78 is 0. The lowest BCUT2D eigenvalue weighted by Crippen LogP contribution is -2.49. The number of hydrogen-bond acceptors (Lipinski definition) is 4. The van der Waals surface area contributed by atoms with E-state index in [2.05, 4.69) is 10.6 Å². The van der Waals surface area contributed by atoms with E-state index in [4.69, 9.17) is 5.73 Å². The van der Waals surface area contributed by atoms with Gasteiger partial charge < -0.3 is 16.4 Å². The first-order valence-corrected chi connectivity index (χ1v) is 4.50. The Labute approximate surface area is 69.6 Å². The van der Waals surface area contributed by atoms with Crippen LogP contribution in [0.4, 0.5) is 0 Å². The minimum absolute atomic E-state index is 0.0915. The average Bonchev–Trinajstić information content (AvgIpc) is 1.99. The number of nitrogens with two attached hydrogens (primary N) is 1. The molecule has 0 saturated carbocycles. The predicted molar refractivity (Wildman–Crippen MR) is 45.5 cm³/mol. The molecule has 0 aromatic carbocycles. The van der Waals surface area contributed by atoms with Crippen LogP contribution in [-0.4, -0.2) is 17.7 Å². The first-order valence-electron chi connectivity index (χ1n) is 3.21. The molecule has 0 aliphatic carbocycles. The second kappa shape index (κ2) is 3.04. The summed E-state index contributed by atoms with van der Waals surface area (Å²) >= 11 is 1.50. The Morgan fingerprint density at radius 3 is 2.64 bits per heavy atom. The second-order valence-electron chi connectivity index (χ2n) is 2.27. The van der Waals surface area contributed by atoms with E-state index in [-0.39, 0.29) is 11.4 Å². The van der Waals surface area contributed by atoms with Gasteiger partial charge in [0.05, 0.1) is 5.57 Å². The predicted octanol–water partition coefficient (Wildman–Crippen LogP) is -0.457. The molecular weight excluding hydrogens is 162 g/mol. The molecule has 4 N–H and O–H groups in total. The van der Waals surface area contributed by atoms with Crippen LogP contribution in [0.3, 0.4) is 0 Å². The SMILES string of the molecule is CSC1NC(=O)C(C)=C(N)N1. The zero-order chi connectivity index (χ0) is 8.43. The average molecular weight is 173 g/mol. The topological polar surface area (TPSA) is 67.2 Å². The van der Waals surface area contributed by atoms with Crippen molar-refractivity contribution in [3.63, 3.8) is 0 Å². The molecule has 4 nitrogen and oxygen atoms in total. The molecule has 11 heavy (non-hydrogen) atoms. The van der Waals surface area contributed by atoms with Crippen LogP contribution < -0.4 is 16.4 Å². The maximum Gasteiger partial charge on any atom is 0.252 e. The quantitative estimate of drug-likeness (QED) is 0.502. The van der Waals surface area contributed by atoms with E-state index in [0.29, 0.717) is 11.4 Å². The van der Waals surface area contributed by atoms with Gasteiger partial charge in [-0.15, -0.1) is 11.8 Å². The Hall–Kier alpha value is -0.840. The Kier molecular flexibility index (Phi) is 2.28. The van der Waals surface area contributed by atoms with Crippen molar-refractivity contribution >= 4 is 17.7 Å². The lowest BCUT2D eigenvalue weighted by atomic mass is 10.2. The summed E-state index contributed by atoms with van der Waals surface area (Å²) in [6.45, 7) is 1.69. The molecule has 0 aromatic heterocycles. The van der Waals surface area contributed by atoms with E-state index in [1.807, 2.05) is 6.26 Å². The van der Waals surface area contributed by atoms with Crippen LogP contribution in [0.1, 0.15) is 6.92 Å². The second-order valence-corrected chi connectivity index (χ2v) is 3.22. The fourth-order valence-electron chi connectivity index (χ4n) is 0.753. The standard InChI is InChI=1S/C6H11N3OS/c1-3-4(7)8-6(11-2)9-5(3)10/h6,8H,7H2,1-2H3,(H,9,10). The molecule has 5 heteroatoms. The molecule has 0 bridgehead atoms. The molecule has 1 amide bonds. The molecule has 0 spiro atoms. The maximum absolute atomic E-state index is 11.1. The summed E-state index contributed by atoms with van der Waals surface area (Å²) in [5.74, 6) is 0.369. The summed E-state index contributed by atoms with van der Waals surface area (Å²) in [5.41, 5.74) is 5.99. The fourth-order valence-corrected chi connectivity index (χ4v) is 1.22. The molecule has 0 radical (unpaired) electrons. The molecule has 0 saturated heterocycles. The number of carbonyl (C=O) groups excluding carboxylic acids is 1. The van der Waals surface area contributed by atoms with E-state index < -0.39 is 0 Å².